The van der Waals surface area contributed by atoms with E-state index in [1.807, 2.05) is 0 Å². The smallest absolute Gasteiger partial charge is 0.120 e. The number of rotatable bonds is 9. The second-order valence-electron chi connectivity index (χ2n) is 5.34. The Bertz CT molecular complexity index is 385. The summed E-state index contributed by atoms with van der Waals surface area (Å²) in [6, 6.07) is 2.89. The molecule has 1 aliphatic rings. The van der Waals surface area contributed by atoms with Gasteiger partial charge >= 0.3 is 0 Å². The molecule has 1 fully saturated rings. The summed E-state index contributed by atoms with van der Waals surface area (Å²) >= 11 is 0. The third kappa shape index (κ3) is 4.64. The molecule has 4 nitrogen and oxygen atoms in total. The molecular formula is C15H26N2O2. The maximum Gasteiger partial charge on any atom is 0.120 e. The topological polar surface area (TPSA) is 37.6 Å². The van der Waals surface area contributed by atoms with Crippen molar-refractivity contribution in [3.8, 4) is 0 Å². The van der Waals surface area contributed by atoms with Crippen molar-refractivity contribution in [2.45, 2.75) is 45.8 Å². The Kier molecular flexibility index (Phi) is 5.43. The molecule has 2 rings (SSSR count). The summed E-state index contributed by atoms with van der Waals surface area (Å²) in [6.07, 6.45) is 2.63. The summed E-state index contributed by atoms with van der Waals surface area (Å²) in [5.74, 6) is 2.15. The van der Waals surface area contributed by atoms with Gasteiger partial charge in [0.1, 0.15) is 11.5 Å². The summed E-state index contributed by atoms with van der Waals surface area (Å²) in [7, 11) is 1.74. The molecule has 1 heterocycles. The molecular weight excluding hydrogens is 240 g/mol. The van der Waals surface area contributed by atoms with Gasteiger partial charge in [0.2, 0.25) is 0 Å². The van der Waals surface area contributed by atoms with Crippen LogP contribution in [0.4, 0.5) is 0 Å². The Morgan fingerprint density at radius 3 is 2.89 bits per heavy atom. The van der Waals surface area contributed by atoms with Crippen LogP contribution < -0.4 is 5.32 Å². The van der Waals surface area contributed by atoms with Crippen LogP contribution in [0, 0.1) is 6.92 Å². The molecule has 4 heteroatoms. The number of nitrogens with one attached hydrogen (secondary N) is 1. The van der Waals surface area contributed by atoms with Gasteiger partial charge in [-0.3, -0.25) is 4.90 Å². The first kappa shape index (κ1) is 14.6. The molecule has 0 amide bonds. The van der Waals surface area contributed by atoms with Gasteiger partial charge in [-0.15, -0.1) is 0 Å². The van der Waals surface area contributed by atoms with Crippen LogP contribution in [0.1, 0.15) is 36.8 Å². The van der Waals surface area contributed by atoms with Crippen molar-refractivity contribution in [1.82, 2.24) is 10.2 Å². The van der Waals surface area contributed by atoms with Crippen molar-refractivity contribution in [3.05, 3.63) is 23.2 Å². The van der Waals surface area contributed by atoms with E-state index in [2.05, 4.69) is 30.1 Å². The van der Waals surface area contributed by atoms with Gasteiger partial charge < -0.3 is 14.5 Å². The lowest BCUT2D eigenvalue weighted by molar-refractivity contribution is 0.142. The summed E-state index contributed by atoms with van der Waals surface area (Å²) in [5, 5.41) is 3.50. The van der Waals surface area contributed by atoms with Gasteiger partial charge in [-0.1, -0.05) is 6.92 Å². The number of ether oxygens (including phenoxy) is 1. The predicted molar refractivity (Wildman–Crippen MR) is 76.1 cm³/mol. The third-order valence-electron chi connectivity index (χ3n) is 3.64. The van der Waals surface area contributed by atoms with Gasteiger partial charge in [0.25, 0.3) is 0 Å². The molecule has 0 radical (unpaired) electrons. The second-order valence-corrected chi connectivity index (χ2v) is 5.34. The van der Waals surface area contributed by atoms with E-state index < -0.39 is 0 Å². The SMILES string of the molecule is CCN(CCOC)Cc1cc(C)c(CNC2CC2)o1. The minimum Gasteiger partial charge on any atom is -0.463 e. The van der Waals surface area contributed by atoms with E-state index in [-0.39, 0.29) is 0 Å². The van der Waals surface area contributed by atoms with Crippen LogP contribution in [0.2, 0.25) is 0 Å². The second kappa shape index (κ2) is 7.08. The first-order chi connectivity index (χ1) is 9.22. The van der Waals surface area contributed by atoms with Gasteiger partial charge in [-0.05, 0) is 37.9 Å². The zero-order valence-corrected chi connectivity index (χ0v) is 12.4. The van der Waals surface area contributed by atoms with Crippen molar-refractivity contribution in [1.29, 1.82) is 0 Å². The first-order valence-electron chi connectivity index (χ1n) is 7.25. The largest absolute Gasteiger partial charge is 0.463 e. The van der Waals surface area contributed by atoms with Gasteiger partial charge in [0, 0.05) is 19.7 Å². The molecule has 0 aromatic carbocycles. The Balaban J connectivity index is 1.86. The Hall–Kier alpha value is -0.840. The van der Waals surface area contributed by atoms with Crippen molar-refractivity contribution in [2.24, 2.45) is 0 Å². The highest BCUT2D eigenvalue weighted by molar-refractivity contribution is 5.20. The van der Waals surface area contributed by atoms with Crippen molar-refractivity contribution in [2.75, 3.05) is 26.8 Å². The third-order valence-corrected chi connectivity index (χ3v) is 3.64. The molecule has 1 saturated carbocycles. The van der Waals surface area contributed by atoms with Gasteiger partial charge in [-0.2, -0.15) is 0 Å². The number of furan rings is 1. The average Bonchev–Trinajstić information content (AvgIpc) is 3.17. The van der Waals surface area contributed by atoms with Gasteiger partial charge in [-0.25, -0.2) is 0 Å². The van der Waals surface area contributed by atoms with E-state index in [0.717, 1.165) is 50.3 Å². The highest BCUT2D eigenvalue weighted by atomic mass is 16.5. The number of methoxy groups -OCH3 is 1. The van der Waals surface area contributed by atoms with Crippen LogP contribution in [0.15, 0.2) is 10.5 Å². The molecule has 0 unspecified atom stereocenters. The van der Waals surface area contributed by atoms with Gasteiger partial charge in [0.15, 0.2) is 0 Å². The molecule has 19 heavy (non-hydrogen) atoms. The summed E-state index contributed by atoms with van der Waals surface area (Å²) in [6.45, 7) is 8.75. The van der Waals surface area contributed by atoms with Crippen LogP contribution in [0.3, 0.4) is 0 Å². The summed E-state index contributed by atoms with van der Waals surface area (Å²) in [4.78, 5) is 2.33. The van der Waals surface area contributed by atoms with Crippen LogP contribution in [-0.2, 0) is 17.8 Å². The number of hydrogen-bond acceptors (Lipinski definition) is 4. The summed E-state index contributed by atoms with van der Waals surface area (Å²) < 4.78 is 11.1. The Morgan fingerprint density at radius 2 is 2.26 bits per heavy atom. The fourth-order valence-electron chi connectivity index (χ4n) is 2.16. The quantitative estimate of drug-likeness (QED) is 0.744. The Labute approximate surface area is 116 Å². The molecule has 1 aromatic rings. The molecule has 0 aliphatic heterocycles. The van der Waals surface area contributed by atoms with E-state index in [9.17, 15) is 0 Å². The Morgan fingerprint density at radius 1 is 1.47 bits per heavy atom. The zero-order valence-electron chi connectivity index (χ0n) is 12.4. The molecule has 1 aromatic heterocycles. The highest BCUT2D eigenvalue weighted by Gasteiger charge is 2.21. The maximum absolute atomic E-state index is 5.96. The van der Waals surface area contributed by atoms with Crippen LogP contribution in [0.5, 0.6) is 0 Å². The molecule has 0 spiro atoms. The van der Waals surface area contributed by atoms with Crippen molar-refractivity contribution in [3.63, 3.8) is 0 Å². The van der Waals surface area contributed by atoms with Gasteiger partial charge in [0.05, 0.1) is 19.7 Å². The molecule has 0 atom stereocenters. The number of nitrogens with zero attached hydrogens (tertiary/aromatic N) is 1. The maximum atomic E-state index is 5.96. The van der Waals surface area contributed by atoms with Crippen LogP contribution in [0.25, 0.3) is 0 Å². The highest BCUT2D eigenvalue weighted by Crippen LogP contribution is 2.21. The predicted octanol–water partition coefficient (Wildman–Crippen LogP) is 2.31. The minimum atomic E-state index is 0.724. The minimum absolute atomic E-state index is 0.724. The summed E-state index contributed by atoms with van der Waals surface area (Å²) in [5.41, 5.74) is 1.26. The number of aryl methyl sites for hydroxylation is 1. The number of hydrogen-bond donors (Lipinski definition) is 1. The van der Waals surface area contributed by atoms with Crippen LogP contribution >= 0.6 is 0 Å². The van der Waals surface area contributed by atoms with E-state index in [1.165, 1.54) is 18.4 Å². The fraction of sp³-hybridized carbons (Fsp3) is 0.733. The van der Waals surface area contributed by atoms with E-state index in [1.54, 1.807) is 7.11 Å². The average molecular weight is 266 g/mol. The zero-order chi connectivity index (χ0) is 13.7. The molecule has 108 valence electrons. The first-order valence-corrected chi connectivity index (χ1v) is 7.25. The monoisotopic (exact) mass is 266 g/mol. The van der Waals surface area contributed by atoms with E-state index in [4.69, 9.17) is 9.15 Å². The normalized spacial score (nSPS) is 15.4. The van der Waals surface area contributed by atoms with Crippen molar-refractivity contribution >= 4 is 0 Å². The lowest BCUT2D eigenvalue weighted by Gasteiger charge is -2.18. The number of likely N-dealkylation sites (N-methyl/N-ethyl adjacent to an activating group) is 1. The van der Waals surface area contributed by atoms with Crippen molar-refractivity contribution < 1.29 is 9.15 Å². The van der Waals surface area contributed by atoms with E-state index in [0.29, 0.717) is 0 Å². The fourth-order valence-corrected chi connectivity index (χ4v) is 2.16. The molecule has 0 saturated heterocycles. The lowest BCUT2D eigenvalue weighted by Crippen LogP contribution is -2.26. The lowest BCUT2D eigenvalue weighted by atomic mass is 10.2. The molecule has 0 bridgehead atoms. The molecule has 1 aliphatic carbocycles. The van der Waals surface area contributed by atoms with Crippen LogP contribution in [-0.4, -0.2) is 37.7 Å². The standard InChI is InChI=1S/C15H26N2O2/c1-4-17(7-8-18-3)11-14-9-12(2)15(19-14)10-16-13-5-6-13/h9,13,16H,4-8,10-11H2,1-3H3. The van der Waals surface area contributed by atoms with E-state index >= 15 is 0 Å². The molecule has 1 N–H and O–H groups in total.